The maximum absolute atomic E-state index is 11.8. The zero-order valence-electron chi connectivity index (χ0n) is 10.3. The number of allylic oxidation sites excluding steroid dienone is 2. The van der Waals surface area contributed by atoms with E-state index in [-0.39, 0.29) is 5.78 Å². The Bertz CT molecular complexity index is 388. The van der Waals surface area contributed by atoms with Gasteiger partial charge in [0, 0.05) is 11.6 Å². The second-order valence-electron chi connectivity index (χ2n) is 4.70. The largest absolute Gasteiger partial charge is 0.547 e. The first kappa shape index (κ1) is 12.7. The van der Waals surface area contributed by atoms with Crippen LogP contribution in [0.3, 0.4) is 0 Å². The normalized spacial score (nSPS) is 12.4. The van der Waals surface area contributed by atoms with Crippen LogP contribution in [-0.4, -0.2) is 14.1 Å². The minimum atomic E-state index is -1.61. The highest BCUT2D eigenvalue weighted by Crippen LogP contribution is 2.11. The summed E-state index contributed by atoms with van der Waals surface area (Å²) in [6, 6.07) is 9.22. The molecule has 1 aromatic carbocycles. The van der Waals surface area contributed by atoms with Crippen molar-refractivity contribution in [1.82, 2.24) is 0 Å². The molecule has 0 aliphatic carbocycles. The van der Waals surface area contributed by atoms with Crippen molar-refractivity contribution in [1.29, 1.82) is 0 Å². The maximum atomic E-state index is 11.8. The molecule has 0 saturated carbocycles. The van der Waals surface area contributed by atoms with Gasteiger partial charge in [-0.05, 0) is 26.6 Å². The summed E-state index contributed by atoms with van der Waals surface area (Å²) in [6.45, 7) is 8.12. The van der Waals surface area contributed by atoms with Gasteiger partial charge in [0.05, 0.1) is 5.76 Å². The van der Waals surface area contributed by atoms with Crippen LogP contribution in [0.2, 0.25) is 19.6 Å². The van der Waals surface area contributed by atoms with Crippen molar-refractivity contribution in [3.05, 3.63) is 47.7 Å². The molecule has 0 heterocycles. The lowest BCUT2D eigenvalue weighted by Crippen LogP contribution is -2.24. The average molecular weight is 234 g/mol. The smallest absolute Gasteiger partial charge is 0.241 e. The molecule has 0 aromatic heterocycles. The second kappa shape index (κ2) is 5.12. The third-order valence-electron chi connectivity index (χ3n) is 1.86. The Balaban J connectivity index is 2.74. The zero-order chi connectivity index (χ0) is 12.2. The molecule has 0 aliphatic rings. The molecule has 0 N–H and O–H groups in total. The van der Waals surface area contributed by atoms with Gasteiger partial charge in [-0.2, -0.15) is 0 Å². The van der Waals surface area contributed by atoms with E-state index < -0.39 is 8.32 Å². The van der Waals surface area contributed by atoms with Crippen molar-refractivity contribution < 1.29 is 9.22 Å². The van der Waals surface area contributed by atoms with Crippen LogP contribution in [-0.2, 0) is 4.43 Å². The predicted molar refractivity (Wildman–Crippen MR) is 69.0 cm³/mol. The van der Waals surface area contributed by atoms with Gasteiger partial charge in [0.1, 0.15) is 0 Å². The van der Waals surface area contributed by atoms with E-state index in [4.69, 9.17) is 4.43 Å². The second-order valence-corrected chi connectivity index (χ2v) is 9.13. The summed E-state index contributed by atoms with van der Waals surface area (Å²) < 4.78 is 5.71. The summed E-state index contributed by atoms with van der Waals surface area (Å²) in [5.41, 5.74) is 0.695. The molecule has 86 valence electrons. The Morgan fingerprint density at radius 2 is 1.75 bits per heavy atom. The van der Waals surface area contributed by atoms with Gasteiger partial charge in [0.2, 0.25) is 8.32 Å². The number of ketones is 1. The Morgan fingerprint density at radius 1 is 1.19 bits per heavy atom. The maximum Gasteiger partial charge on any atom is 0.241 e. The van der Waals surface area contributed by atoms with Gasteiger partial charge in [0.25, 0.3) is 0 Å². The summed E-state index contributed by atoms with van der Waals surface area (Å²) >= 11 is 0. The molecule has 3 heteroatoms. The van der Waals surface area contributed by atoms with E-state index in [1.807, 2.05) is 25.1 Å². The SMILES string of the molecule is CC(=CC(=O)c1ccccc1)O[Si](C)(C)C. The van der Waals surface area contributed by atoms with Crippen LogP contribution in [0.15, 0.2) is 42.2 Å². The number of benzene rings is 1. The number of hydrogen-bond donors (Lipinski definition) is 0. The molecule has 0 spiro atoms. The van der Waals surface area contributed by atoms with Crippen LogP contribution >= 0.6 is 0 Å². The molecule has 0 bridgehead atoms. The fourth-order valence-corrected chi connectivity index (χ4v) is 2.41. The summed E-state index contributed by atoms with van der Waals surface area (Å²) in [6.07, 6.45) is 1.56. The predicted octanol–water partition coefficient (Wildman–Crippen LogP) is 3.62. The van der Waals surface area contributed by atoms with Crippen LogP contribution in [0.4, 0.5) is 0 Å². The van der Waals surface area contributed by atoms with Crippen molar-refractivity contribution >= 4 is 14.1 Å². The molecule has 0 amide bonds. The average Bonchev–Trinajstić information content (AvgIpc) is 2.16. The molecule has 1 rings (SSSR count). The lowest BCUT2D eigenvalue weighted by atomic mass is 10.1. The van der Waals surface area contributed by atoms with E-state index in [9.17, 15) is 4.79 Å². The molecule has 2 nitrogen and oxygen atoms in total. The van der Waals surface area contributed by atoms with Crippen LogP contribution in [0, 0.1) is 0 Å². The fraction of sp³-hybridized carbons (Fsp3) is 0.308. The molecule has 0 radical (unpaired) electrons. The summed E-state index contributed by atoms with van der Waals surface area (Å²) in [5.74, 6) is 0.698. The molecular formula is C13H18O2Si. The van der Waals surface area contributed by atoms with Gasteiger partial charge in [-0.1, -0.05) is 30.3 Å². The Hall–Kier alpha value is -1.35. The van der Waals surface area contributed by atoms with Crippen LogP contribution in [0.5, 0.6) is 0 Å². The molecule has 1 aromatic rings. The summed E-state index contributed by atoms with van der Waals surface area (Å²) in [7, 11) is -1.61. The highest BCUT2D eigenvalue weighted by Gasteiger charge is 2.16. The first-order valence-corrected chi connectivity index (χ1v) is 8.76. The van der Waals surface area contributed by atoms with Crippen LogP contribution < -0.4 is 0 Å². The van der Waals surface area contributed by atoms with E-state index in [0.29, 0.717) is 11.3 Å². The van der Waals surface area contributed by atoms with Crippen LogP contribution in [0.25, 0.3) is 0 Å². The van der Waals surface area contributed by atoms with Gasteiger partial charge in [-0.3, -0.25) is 4.79 Å². The van der Waals surface area contributed by atoms with E-state index in [1.54, 1.807) is 18.2 Å². The number of hydrogen-bond acceptors (Lipinski definition) is 2. The quantitative estimate of drug-likeness (QED) is 0.344. The summed E-state index contributed by atoms with van der Waals surface area (Å²) in [5, 5.41) is 0. The van der Waals surface area contributed by atoms with Crippen molar-refractivity contribution in [2.24, 2.45) is 0 Å². The molecule has 0 fully saturated rings. The zero-order valence-corrected chi connectivity index (χ0v) is 11.3. The number of carbonyl (C=O) groups excluding carboxylic acids is 1. The third kappa shape index (κ3) is 4.44. The Kier molecular flexibility index (Phi) is 4.07. The molecular weight excluding hydrogens is 216 g/mol. The van der Waals surface area contributed by atoms with Gasteiger partial charge >= 0.3 is 0 Å². The van der Waals surface area contributed by atoms with Gasteiger partial charge in [-0.25, -0.2) is 0 Å². The third-order valence-corrected chi connectivity index (χ3v) is 2.79. The number of rotatable bonds is 4. The van der Waals surface area contributed by atoms with Gasteiger partial charge in [-0.15, -0.1) is 0 Å². The topological polar surface area (TPSA) is 26.3 Å². The van der Waals surface area contributed by atoms with E-state index in [1.165, 1.54) is 0 Å². The van der Waals surface area contributed by atoms with Crippen molar-refractivity contribution in [3.63, 3.8) is 0 Å². The minimum absolute atomic E-state index is 0.00338. The van der Waals surface area contributed by atoms with E-state index in [2.05, 4.69) is 19.6 Å². The Labute approximate surface area is 98.1 Å². The molecule has 0 unspecified atom stereocenters. The van der Waals surface area contributed by atoms with E-state index in [0.717, 1.165) is 0 Å². The highest BCUT2D eigenvalue weighted by atomic mass is 28.4. The van der Waals surface area contributed by atoms with Crippen molar-refractivity contribution in [2.75, 3.05) is 0 Å². The summed E-state index contributed by atoms with van der Waals surface area (Å²) in [4.78, 5) is 11.8. The molecule has 0 aliphatic heterocycles. The molecule has 0 atom stereocenters. The minimum Gasteiger partial charge on any atom is -0.547 e. The van der Waals surface area contributed by atoms with E-state index >= 15 is 0 Å². The Morgan fingerprint density at radius 3 is 2.25 bits per heavy atom. The lowest BCUT2D eigenvalue weighted by molar-refractivity contribution is 0.104. The standard InChI is InChI=1S/C13H18O2Si/c1-11(15-16(2,3)4)10-13(14)12-8-6-5-7-9-12/h5-10H,1-4H3. The molecule has 16 heavy (non-hydrogen) atoms. The van der Waals surface area contributed by atoms with Gasteiger partial charge in [0.15, 0.2) is 5.78 Å². The first-order valence-electron chi connectivity index (χ1n) is 5.35. The highest BCUT2D eigenvalue weighted by molar-refractivity contribution is 6.70. The monoisotopic (exact) mass is 234 g/mol. The van der Waals surface area contributed by atoms with Crippen LogP contribution in [0.1, 0.15) is 17.3 Å². The lowest BCUT2D eigenvalue weighted by Gasteiger charge is -2.19. The van der Waals surface area contributed by atoms with Crippen molar-refractivity contribution in [2.45, 2.75) is 26.6 Å². The fourth-order valence-electron chi connectivity index (χ4n) is 1.38. The van der Waals surface area contributed by atoms with Crippen molar-refractivity contribution in [3.8, 4) is 0 Å². The first-order chi connectivity index (χ1) is 7.38. The van der Waals surface area contributed by atoms with Gasteiger partial charge < -0.3 is 4.43 Å². The number of carbonyl (C=O) groups is 1. The molecule has 0 saturated heterocycles.